The molecule has 0 spiro atoms. The third-order valence-corrected chi connectivity index (χ3v) is 1.99. The Morgan fingerprint density at radius 2 is 2.33 bits per heavy atom. The third-order valence-electron chi connectivity index (χ3n) is 1.99. The average Bonchev–Trinajstić information content (AvgIpc) is 2.60. The lowest BCUT2D eigenvalue weighted by Crippen LogP contribution is -2.21. The van der Waals surface area contributed by atoms with Crippen LogP contribution in [0.1, 0.15) is 0 Å². The van der Waals surface area contributed by atoms with E-state index in [0.29, 0.717) is 5.39 Å². The summed E-state index contributed by atoms with van der Waals surface area (Å²) < 4.78 is 1.04. The van der Waals surface area contributed by atoms with Crippen molar-refractivity contribution in [2.24, 2.45) is 5.73 Å². The normalized spacial score (nSPS) is 10.4. The quantitative estimate of drug-likeness (QED) is 0.308. The van der Waals surface area contributed by atoms with Gasteiger partial charge in [-0.05, 0) is 0 Å². The van der Waals surface area contributed by atoms with Crippen molar-refractivity contribution in [2.75, 3.05) is 0 Å². The first-order valence-electron chi connectivity index (χ1n) is 4.07. The summed E-state index contributed by atoms with van der Waals surface area (Å²) in [5, 5.41) is 22.4. The van der Waals surface area contributed by atoms with Crippen LogP contribution < -0.4 is 5.73 Å². The predicted octanol–water partition coefficient (Wildman–Crippen LogP) is 0.686. The second kappa shape index (κ2) is 3.05. The van der Waals surface area contributed by atoms with Gasteiger partial charge < -0.3 is 5.73 Å². The number of nitrogens with one attached hydrogen (secondary N) is 1. The third kappa shape index (κ3) is 1.30. The Balaban J connectivity index is 2.86. The molecule has 0 unspecified atom stereocenters. The molecule has 0 fully saturated rings. The van der Waals surface area contributed by atoms with Crippen LogP contribution >= 0.6 is 0 Å². The molecule has 0 saturated carbocycles. The molecule has 2 aromatic rings. The zero-order chi connectivity index (χ0) is 11.0. The van der Waals surface area contributed by atoms with E-state index in [1.54, 1.807) is 12.1 Å². The number of non-ortho nitro benzene ring substituents is 1. The number of hydrogen-bond donors (Lipinski definition) is 2. The van der Waals surface area contributed by atoms with Crippen molar-refractivity contribution in [1.29, 1.82) is 5.41 Å². The molecule has 0 bridgehead atoms. The first kappa shape index (κ1) is 9.13. The van der Waals surface area contributed by atoms with Gasteiger partial charge in [0.1, 0.15) is 0 Å². The van der Waals surface area contributed by atoms with Crippen LogP contribution in [0.3, 0.4) is 0 Å². The van der Waals surface area contributed by atoms with Crippen LogP contribution in [0.2, 0.25) is 0 Å². The number of nitrogens with zero attached hydrogens (tertiary/aromatic N) is 3. The summed E-state index contributed by atoms with van der Waals surface area (Å²) in [7, 11) is 0. The van der Waals surface area contributed by atoms with Gasteiger partial charge >= 0.3 is 0 Å². The smallest absolute Gasteiger partial charge is 0.295 e. The van der Waals surface area contributed by atoms with Crippen LogP contribution in [-0.2, 0) is 0 Å². The summed E-state index contributed by atoms with van der Waals surface area (Å²) >= 11 is 0. The minimum absolute atomic E-state index is 0.111. The van der Waals surface area contributed by atoms with Crippen LogP contribution in [0.15, 0.2) is 24.4 Å². The second-order valence-electron chi connectivity index (χ2n) is 2.91. The zero-order valence-corrected chi connectivity index (χ0v) is 7.54. The highest BCUT2D eigenvalue weighted by Crippen LogP contribution is 2.24. The molecule has 1 heterocycles. The number of nitrogen functional groups attached to an aromatic ring is 1. The van der Waals surface area contributed by atoms with Gasteiger partial charge in [-0.1, -0.05) is 12.1 Å². The van der Waals surface area contributed by atoms with Gasteiger partial charge in [0.05, 0.1) is 11.1 Å². The summed E-state index contributed by atoms with van der Waals surface area (Å²) in [6, 6.07) is 4.59. The molecule has 1 aromatic heterocycles. The molecule has 0 amide bonds. The lowest BCUT2D eigenvalue weighted by Gasteiger charge is -1.99. The minimum Gasteiger partial charge on any atom is -0.368 e. The molecule has 1 aromatic carbocycles. The maximum Gasteiger partial charge on any atom is 0.295 e. The fourth-order valence-electron chi connectivity index (χ4n) is 1.39. The Morgan fingerprint density at radius 1 is 1.60 bits per heavy atom. The van der Waals surface area contributed by atoms with Crippen LogP contribution in [0.4, 0.5) is 5.69 Å². The summed E-state index contributed by atoms with van der Waals surface area (Å²) in [6.45, 7) is 0. The number of nitrogens with two attached hydrogens (primary N) is 1. The van der Waals surface area contributed by atoms with E-state index in [-0.39, 0.29) is 17.2 Å². The summed E-state index contributed by atoms with van der Waals surface area (Å²) in [5.41, 5.74) is 5.39. The molecule has 0 aliphatic rings. The van der Waals surface area contributed by atoms with Crippen molar-refractivity contribution in [3.05, 3.63) is 34.5 Å². The molecule has 0 atom stereocenters. The summed E-state index contributed by atoms with van der Waals surface area (Å²) in [6.07, 6.45) is 1.43. The number of aromatic nitrogens is 2. The van der Waals surface area contributed by atoms with Gasteiger partial charge in [-0.15, -0.1) is 0 Å². The highest BCUT2D eigenvalue weighted by molar-refractivity contribution is 5.95. The van der Waals surface area contributed by atoms with Crippen molar-refractivity contribution >= 4 is 22.5 Å². The summed E-state index contributed by atoms with van der Waals surface area (Å²) in [4.78, 5) is 10.2. The van der Waals surface area contributed by atoms with Crippen molar-refractivity contribution < 1.29 is 4.92 Å². The van der Waals surface area contributed by atoms with Gasteiger partial charge in [-0.25, -0.2) is 0 Å². The molecule has 0 saturated heterocycles. The number of hydrogen-bond acceptors (Lipinski definition) is 4. The number of rotatable bonds is 1. The number of nitro benzene ring substituents is 1. The highest BCUT2D eigenvalue weighted by Gasteiger charge is 2.17. The van der Waals surface area contributed by atoms with E-state index in [1.165, 1.54) is 12.3 Å². The van der Waals surface area contributed by atoms with E-state index >= 15 is 0 Å². The molecule has 0 radical (unpaired) electrons. The van der Waals surface area contributed by atoms with Gasteiger partial charge in [0.2, 0.25) is 5.96 Å². The first-order valence-corrected chi connectivity index (χ1v) is 4.07. The molecule has 76 valence electrons. The minimum atomic E-state index is -0.524. The van der Waals surface area contributed by atoms with Gasteiger partial charge in [0, 0.05) is 11.5 Å². The van der Waals surface area contributed by atoms with Crippen molar-refractivity contribution in [1.82, 2.24) is 9.78 Å². The largest absolute Gasteiger partial charge is 0.368 e. The van der Waals surface area contributed by atoms with Crippen LogP contribution in [-0.4, -0.2) is 20.7 Å². The standard InChI is InChI=1S/C8H7N5O2/c9-8(10)12-7-5(4-11-12)2-1-3-6(7)13(14)15/h1-4H,(H3,9,10). The average molecular weight is 205 g/mol. The van der Waals surface area contributed by atoms with E-state index in [4.69, 9.17) is 11.1 Å². The summed E-state index contributed by atoms with van der Waals surface area (Å²) in [5.74, 6) is -0.348. The van der Waals surface area contributed by atoms with Gasteiger partial charge in [-0.3, -0.25) is 15.5 Å². The molecular formula is C8H7N5O2. The van der Waals surface area contributed by atoms with Crippen molar-refractivity contribution in [2.45, 2.75) is 0 Å². The molecule has 7 heteroatoms. The molecule has 15 heavy (non-hydrogen) atoms. The van der Waals surface area contributed by atoms with Gasteiger partial charge in [0.15, 0.2) is 5.52 Å². The lowest BCUT2D eigenvalue weighted by atomic mass is 10.2. The molecular weight excluding hydrogens is 198 g/mol. The number of nitro groups is 1. The van der Waals surface area contributed by atoms with Crippen LogP contribution in [0.25, 0.3) is 10.9 Å². The molecule has 7 nitrogen and oxygen atoms in total. The monoisotopic (exact) mass is 205 g/mol. The van der Waals surface area contributed by atoms with Crippen LogP contribution in [0, 0.1) is 15.5 Å². The van der Waals surface area contributed by atoms with E-state index in [0.717, 1.165) is 4.68 Å². The number of fused-ring (bicyclic) bond motifs is 1. The highest BCUT2D eigenvalue weighted by atomic mass is 16.6. The fourth-order valence-corrected chi connectivity index (χ4v) is 1.39. The number of benzene rings is 1. The zero-order valence-electron chi connectivity index (χ0n) is 7.54. The van der Waals surface area contributed by atoms with Crippen LogP contribution in [0.5, 0.6) is 0 Å². The Kier molecular flexibility index (Phi) is 1.86. The van der Waals surface area contributed by atoms with E-state index in [9.17, 15) is 10.1 Å². The predicted molar refractivity (Wildman–Crippen MR) is 53.7 cm³/mol. The second-order valence-corrected chi connectivity index (χ2v) is 2.91. The van der Waals surface area contributed by atoms with Crippen molar-refractivity contribution in [3.63, 3.8) is 0 Å². The number of para-hydroxylation sites is 1. The van der Waals surface area contributed by atoms with E-state index in [2.05, 4.69) is 5.10 Å². The Labute approximate surface area is 83.8 Å². The first-order chi connectivity index (χ1) is 7.11. The lowest BCUT2D eigenvalue weighted by molar-refractivity contribution is -0.383. The van der Waals surface area contributed by atoms with Gasteiger partial charge in [0.25, 0.3) is 5.69 Å². The molecule has 0 aliphatic carbocycles. The van der Waals surface area contributed by atoms with Gasteiger partial charge in [-0.2, -0.15) is 9.78 Å². The SMILES string of the molecule is N=C(N)n1ncc2cccc([N+](=O)[O-])c21. The Hall–Kier alpha value is -2.44. The Bertz CT molecular complexity index is 559. The molecule has 3 N–H and O–H groups in total. The molecule has 2 rings (SSSR count). The fraction of sp³-hybridized carbons (Fsp3) is 0. The molecule has 0 aliphatic heterocycles. The Morgan fingerprint density at radius 3 is 2.93 bits per heavy atom. The maximum absolute atomic E-state index is 10.7. The maximum atomic E-state index is 10.7. The topological polar surface area (TPSA) is 111 Å². The van der Waals surface area contributed by atoms with E-state index < -0.39 is 4.92 Å². The van der Waals surface area contributed by atoms with E-state index in [1.807, 2.05) is 0 Å². The van der Waals surface area contributed by atoms with Crippen molar-refractivity contribution in [3.8, 4) is 0 Å².